The van der Waals surface area contributed by atoms with Crippen LogP contribution in [0.25, 0.3) is 0 Å². The first kappa shape index (κ1) is 23.2. The lowest BCUT2D eigenvalue weighted by Crippen LogP contribution is -2.51. The monoisotopic (exact) mass is 384 g/mol. The predicted octanol–water partition coefficient (Wildman–Crippen LogP) is 1.30. The number of carbonyl (C=O) groups excluding carboxylic acids is 3. The van der Waals surface area contributed by atoms with Crippen LogP contribution in [0.15, 0.2) is 0 Å². The Morgan fingerprint density at radius 1 is 0.926 bits per heavy atom. The van der Waals surface area contributed by atoms with Gasteiger partial charge >= 0.3 is 6.09 Å². The fourth-order valence-corrected chi connectivity index (χ4v) is 2.40. The van der Waals surface area contributed by atoms with E-state index in [9.17, 15) is 14.4 Å². The maximum atomic E-state index is 12.3. The summed E-state index contributed by atoms with van der Waals surface area (Å²) in [6.45, 7) is 11.9. The highest BCUT2D eigenvalue weighted by Crippen LogP contribution is 2.13. The van der Waals surface area contributed by atoms with E-state index in [1.807, 2.05) is 53.6 Å². The molecule has 0 aromatic rings. The Balaban J connectivity index is 2.33. The van der Waals surface area contributed by atoms with Crippen molar-refractivity contribution in [2.45, 2.75) is 58.6 Å². The molecular weight excluding hydrogens is 348 g/mol. The highest BCUT2D eigenvalue weighted by atomic mass is 16.6. The average molecular weight is 385 g/mol. The van der Waals surface area contributed by atoms with Crippen molar-refractivity contribution < 1.29 is 19.1 Å². The molecule has 0 bridgehead atoms. The van der Waals surface area contributed by atoms with E-state index in [0.717, 1.165) is 0 Å². The smallest absolute Gasteiger partial charge is 0.410 e. The van der Waals surface area contributed by atoms with Gasteiger partial charge in [-0.25, -0.2) is 4.79 Å². The quantitative estimate of drug-likeness (QED) is 0.746. The molecule has 0 radical (unpaired) electrons. The van der Waals surface area contributed by atoms with E-state index in [1.54, 1.807) is 9.80 Å². The first-order chi connectivity index (χ1) is 12.3. The Labute approximate surface area is 163 Å². The average Bonchev–Trinajstić information content (AvgIpc) is 2.56. The molecule has 1 N–H and O–H groups in total. The molecule has 3 amide bonds. The number of carbonyl (C=O) groups is 3. The number of nitrogens with zero attached hydrogens (tertiary/aromatic N) is 3. The molecule has 8 nitrogen and oxygen atoms in total. The second kappa shape index (κ2) is 9.39. The molecular formula is C19H36N4O4. The van der Waals surface area contributed by atoms with Crippen molar-refractivity contribution in [3.05, 3.63) is 0 Å². The molecule has 1 aliphatic rings. The molecule has 1 heterocycles. The highest BCUT2D eigenvalue weighted by molar-refractivity contribution is 5.84. The fraction of sp³-hybridized carbons (Fsp3) is 0.842. The number of amides is 3. The van der Waals surface area contributed by atoms with E-state index in [2.05, 4.69) is 5.32 Å². The molecule has 0 saturated carbocycles. The van der Waals surface area contributed by atoms with Crippen LogP contribution in [0.2, 0.25) is 0 Å². The molecule has 0 aliphatic carbocycles. The summed E-state index contributed by atoms with van der Waals surface area (Å²) in [6.07, 6.45) is 0.00688. The van der Waals surface area contributed by atoms with Crippen molar-refractivity contribution in [1.82, 2.24) is 20.0 Å². The maximum Gasteiger partial charge on any atom is 0.410 e. The normalized spacial score (nSPS) is 15.7. The van der Waals surface area contributed by atoms with Gasteiger partial charge in [-0.3, -0.25) is 9.59 Å². The van der Waals surface area contributed by atoms with Crippen molar-refractivity contribution in [1.29, 1.82) is 0 Å². The van der Waals surface area contributed by atoms with Crippen LogP contribution in [0, 0.1) is 0 Å². The van der Waals surface area contributed by atoms with Crippen LogP contribution < -0.4 is 5.32 Å². The van der Waals surface area contributed by atoms with Gasteiger partial charge in [-0.15, -0.1) is 0 Å². The number of ether oxygens (including phenoxy) is 1. The lowest BCUT2D eigenvalue weighted by atomic mass is 10.0. The van der Waals surface area contributed by atoms with Gasteiger partial charge in [0.25, 0.3) is 0 Å². The zero-order chi connectivity index (χ0) is 20.8. The van der Waals surface area contributed by atoms with Crippen molar-refractivity contribution >= 4 is 17.9 Å². The van der Waals surface area contributed by atoms with Crippen LogP contribution in [0.1, 0.15) is 47.5 Å². The summed E-state index contributed by atoms with van der Waals surface area (Å²) in [7, 11) is 3.93. The molecule has 1 fully saturated rings. The zero-order valence-electron chi connectivity index (χ0n) is 17.9. The number of likely N-dealkylation sites (N-methyl/N-ethyl adjacent to an activating group) is 1. The summed E-state index contributed by atoms with van der Waals surface area (Å²) in [5.74, 6) is -0.175. The molecule has 1 saturated heterocycles. The van der Waals surface area contributed by atoms with Gasteiger partial charge in [-0.2, -0.15) is 0 Å². The van der Waals surface area contributed by atoms with E-state index in [1.165, 1.54) is 0 Å². The van der Waals surface area contributed by atoms with Crippen LogP contribution >= 0.6 is 0 Å². The van der Waals surface area contributed by atoms with Crippen LogP contribution in [0.5, 0.6) is 0 Å². The van der Waals surface area contributed by atoms with E-state index < -0.39 is 5.60 Å². The highest BCUT2D eigenvalue weighted by Gasteiger charge is 2.28. The second-order valence-electron chi connectivity index (χ2n) is 8.83. The summed E-state index contributed by atoms with van der Waals surface area (Å²) in [5.41, 5.74) is -0.670. The number of nitrogens with one attached hydrogen (secondary N) is 1. The van der Waals surface area contributed by atoms with Crippen molar-refractivity contribution in [2.24, 2.45) is 0 Å². The third-order valence-electron chi connectivity index (χ3n) is 4.78. The van der Waals surface area contributed by atoms with Crippen molar-refractivity contribution in [2.75, 3.05) is 46.8 Å². The van der Waals surface area contributed by atoms with E-state index in [0.29, 0.717) is 32.7 Å². The minimum Gasteiger partial charge on any atom is -0.444 e. The lowest BCUT2D eigenvalue weighted by Gasteiger charge is -2.35. The minimum absolute atomic E-state index is 0.0548. The van der Waals surface area contributed by atoms with Crippen molar-refractivity contribution in [3.63, 3.8) is 0 Å². The third-order valence-corrected chi connectivity index (χ3v) is 4.78. The van der Waals surface area contributed by atoms with Crippen molar-refractivity contribution in [3.8, 4) is 0 Å². The number of rotatable bonds is 6. The maximum absolute atomic E-state index is 12.3. The Bertz CT molecular complexity index is 532. The van der Waals surface area contributed by atoms with Crippen LogP contribution in [-0.4, -0.2) is 90.6 Å². The molecule has 0 unspecified atom stereocenters. The van der Waals surface area contributed by atoms with Gasteiger partial charge in [0.1, 0.15) is 5.60 Å². The molecule has 27 heavy (non-hydrogen) atoms. The van der Waals surface area contributed by atoms with Gasteiger partial charge in [0.15, 0.2) is 0 Å². The van der Waals surface area contributed by atoms with Crippen LogP contribution in [0.3, 0.4) is 0 Å². The number of piperazine rings is 1. The van der Waals surface area contributed by atoms with Crippen LogP contribution in [-0.2, 0) is 14.3 Å². The van der Waals surface area contributed by atoms with Gasteiger partial charge in [0, 0.05) is 51.1 Å². The molecule has 1 aliphatic heterocycles. The molecule has 0 aromatic heterocycles. The SMILES string of the molecule is CN(C)C(C)(C)CNC(=O)CCC(=O)N1CCN(C(=O)OC(C)(C)C)CC1. The van der Waals surface area contributed by atoms with Gasteiger partial charge in [-0.05, 0) is 48.7 Å². The summed E-state index contributed by atoms with van der Waals surface area (Å²) in [6, 6.07) is 0. The third kappa shape index (κ3) is 8.15. The fourth-order valence-electron chi connectivity index (χ4n) is 2.40. The number of hydrogen-bond donors (Lipinski definition) is 1. The topological polar surface area (TPSA) is 82.2 Å². The number of hydrogen-bond acceptors (Lipinski definition) is 5. The molecule has 0 atom stereocenters. The Morgan fingerprint density at radius 3 is 1.93 bits per heavy atom. The Hall–Kier alpha value is -1.83. The van der Waals surface area contributed by atoms with Gasteiger partial charge in [-0.1, -0.05) is 0 Å². The first-order valence-electron chi connectivity index (χ1n) is 9.51. The molecule has 1 rings (SSSR count). The Morgan fingerprint density at radius 2 is 1.44 bits per heavy atom. The zero-order valence-corrected chi connectivity index (χ0v) is 17.9. The van der Waals surface area contributed by atoms with E-state index in [4.69, 9.17) is 4.74 Å². The van der Waals surface area contributed by atoms with E-state index in [-0.39, 0.29) is 36.3 Å². The molecule has 0 spiro atoms. The van der Waals surface area contributed by atoms with Gasteiger partial charge in [0.2, 0.25) is 11.8 Å². The summed E-state index contributed by atoms with van der Waals surface area (Å²) in [4.78, 5) is 41.7. The predicted molar refractivity (Wildman–Crippen MR) is 104 cm³/mol. The molecule has 156 valence electrons. The summed E-state index contributed by atoms with van der Waals surface area (Å²) in [5, 5.41) is 2.89. The van der Waals surface area contributed by atoms with Crippen LogP contribution in [0.4, 0.5) is 4.79 Å². The van der Waals surface area contributed by atoms with E-state index >= 15 is 0 Å². The van der Waals surface area contributed by atoms with Gasteiger partial charge in [0.05, 0.1) is 0 Å². The molecule has 8 heteroatoms. The largest absolute Gasteiger partial charge is 0.444 e. The summed E-state index contributed by atoms with van der Waals surface area (Å²) < 4.78 is 5.35. The standard InChI is InChI=1S/C19H36N4O4/c1-18(2,3)27-17(26)23-12-10-22(11-13-23)16(25)9-8-15(24)20-14-19(4,5)21(6)7/h8-14H2,1-7H3,(H,20,24). The lowest BCUT2D eigenvalue weighted by molar-refractivity contribution is -0.135. The minimum atomic E-state index is -0.529. The summed E-state index contributed by atoms with van der Waals surface area (Å²) >= 11 is 0. The molecule has 0 aromatic carbocycles. The second-order valence-corrected chi connectivity index (χ2v) is 8.83. The Kier molecular flexibility index (Phi) is 8.07. The first-order valence-corrected chi connectivity index (χ1v) is 9.51. The van der Waals surface area contributed by atoms with Gasteiger partial charge < -0.3 is 24.8 Å².